The van der Waals surface area contributed by atoms with Gasteiger partial charge in [-0.2, -0.15) is 11.8 Å². The Morgan fingerprint density at radius 3 is 3.00 bits per heavy atom. The molecule has 1 rings (SSSR count). The maximum absolute atomic E-state index is 5.54. The predicted molar refractivity (Wildman–Crippen MR) is 50.6 cm³/mol. The zero-order valence-electron chi connectivity index (χ0n) is 6.79. The first-order chi connectivity index (χ1) is 5.24. The van der Waals surface area contributed by atoms with Crippen LogP contribution in [0.25, 0.3) is 0 Å². The summed E-state index contributed by atoms with van der Waals surface area (Å²) in [6, 6.07) is 1.94. The molecule has 0 atom stereocenters. The van der Waals surface area contributed by atoms with Gasteiger partial charge in [-0.05, 0) is 30.4 Å². The number of aryl methyl sites for hydroxylation is 1. The first-order valence-corrected chi connectivity index (χ1v) is 4.83. The van der Waals surface area contributed by atoms with Gasteiger partial charge >= 0.3 is 0 Å². The number of pyridine rings is 1. The van der Waals surface area contributed by atoms with Crippen LogP contribution in [0.4, 0.5) is 5.82 Å². The van der Waals surface area contributed by atoms with E-state index in [9.17, 15) is 0 Å². The molecule has 3 heteroatoms. The smallest absolute Gasteiger partial charge is 0.123 e. The van der Waals surface area contributed by atoms with Crippen molar-refractivity contribution in [2.45, 2.75) is 12.7 Å². The summed E-state index contributed by atoms with van der Waals surface area (Å²) in [4.78, 5) is 3.99. The molecule has 0 fully saturated rings. The van der Waals surface area contributed by atoms with E-state index in [1.165, 1.54) is 11.1 Å². The highest BCUT2D eigenvalue weighted by atomic mass is 32.2. The second kappa shape index (κ2) is 3.62. The van der Waals surface area contributed by atoms with Crippen LogP contribution < -0.4 is 5.73 Å². The van der Waals surface area contributed by atoms with Gasteiger partial charge in [0.05, 0.1) is 0 Å². The Balaban J connectivity index is 2.93. The molecule has 0 spiro atoms. The number of rotatable bonds is 2. The fraction of sp³-hybridized carbons (Fsp3) is 0.375. The molecule has 0 aliphatic rings. The van der Waals surface area contributed by atoms with Crippen LogP contribution in [0.15, 0.2) is 12.3 Å². The lowest BCUT2D eigenvalue weighted by Crippen LogP contribution is -1.94. The summed E-state index contributed by atoms with van der Waals surface area (Å²) >= 11 is 1.79. The number of nitrogens with two attached hydrogens (primary N) is 1. The molecule has 0 saturated heterocycles. The quantitative estimate of drug-likeness (QED) is 0.732. The highest BCUT2D eigenvalue weighted by Gasteiger charge is 1.97. The molecule has 11 heavy (non-hydrogen) atoms. The lowest BCUT2D eigenvalue weighted by Gasteiger charge is -2.03. The van der Waals surface area contributed by atoms with Crippen LogP contribution in [0.5, 0.6) is 0 Å². The van der Waals surface area contributed by atoms with Crippen LogP contribution >= 0.6 is 11.8 Å². The van der Waals surface area contributed by atoms with Gasteiger partial charge in [0.15, 0.2) is 0 Å². The largest absolute Gasteiger partial charge is 0.384 e. The molecule has 0 saturated carbocycles. The van der Waals surface area contributed by atoms with Gasteiger partial charge in [-0.3, -0.25) is 0 Å². The lowest BCUT2D eigenvalue weighted by molar-refractivity contribution is 1.21. The predicted octanol–water partition coefficient (Wildman–Crippen LogP) is 1.84. The van der Waals surface area contributed by atoms with Crippen LogP contribution in [0.3, 0.4) is 0 Å². The van der Waals surface area contributed by atoms with Gasteiger partial charge in [0.2, 0.25) is 0 Å². The van der Waals surface area contributed by atoms with E-state index >= 15 is 0 Å². The molecule has 2 nitrogen and oxygen atoms in total. The van der Waals surface area contributed by atoms with Crippen molar-refractivity contribution in [3.63, 3.8) is 0 Å². The van der Waals surface area contributed by atoms with Gasteiger partial charge in [0.25, 0.3) is 0 Å². The van der Waals surface area contributed by atoms with Crippen molar-refractivity contribution < 1.29 is 0 Å². The molecule has 0 unspecified atom stereocenters. The molecule has 0 aromatic carbocycles. The summed E-state index contributed by atoms with van der Waals surface area (Å²) in [5, 5.41) is 0. The van der Waals surface area contributed by atoms with Gasteiger partial charge in [-0.15, -0.1) is 0 Å². The molecule has 1 aromatic rings. The molecule has 0 bridgehead atoms. The third kappa shape index (κ3) is 2.12. The fourth-order valence-corrected chi connectivity index (χ4v) is 1.52. The van der Waals surface area contributed by atoms with Gasteiger partial charge in [0, 0.05) is 11.9 Å². The summed E-state index contributed by atoms with van der Waals surface area (Å²) < 4.78 is 0. The molecule has 2 N–H and O–H groups in total. The number of nitrogen functional groups attached to an aromatic ring is 1. The molecule has 0 amide bonds. The van der Waals surface area contributed by atoms with Crippen LogP contribution in [-0.2, 0) is 5.75 Å². The minimum Gasteiger partial charge on any atom is -0.384 e. The zero-order valence-corrected chi connectivity index (χ0v) is 7.61. The van der Waals surface area contributed by atoms with Crippen LogP contribution in [0, 0.1) is 6.92 Å². The average Bonchev–Trinajstić information content (AvgIpc) is 1.98. The Hall–Kier alpha value is -0.700. The number of anilines is 1. The molecular weight excluding hydrogens is 156 g/mol. The highest BCUT2D eigenvalue weighted by molar-refractivity contribution is 7.97. The Labute approximate surface area is 71.2 Å². The molecular formula is C8H12N2S. The van der Waals surface area contributed by atoms with Crippen molar-refractivity contribution in [2.24, 2.45) is 0 Å². The molecule has 0 aliphatic heterocycles. The van der Waals surface area contributed by atoms with E-state index in [1.54, 1.807) is 11.8 Å². The van der Waals surface area contributed by atoms with E-state index in [0.717, 1.165) is 5.75 Å². The summed E-state index contributed by atoms with van der Waals surface area (Å²) in [6.07, 6.45) is 3.90. The first kappa shape index (κ1) is 8.40. The second-order valence-electron chi connectivity index (χ2n) is 2.47. The highest BCUT2D eigenvalue weighted by Crippen LogP contribution is 2.14. The van der Waals surface area contributed by atoms with Gasteiger partial charge in [0.1, 0.15) is 5.82 Å². The van der Waals surface area contributed by atoms with Gasteiger partial charge < -0.3 is 5.73 Å². The van der Waals surface area contributed by atoms with E-state index in [4.69, 9.17) is 5.73 Å². The number of hydrogen-bond donors (Lipinski definition) is 1. The topological polar surface area (TPSA) is 38.9 Å². The van der Waals surface area contributed by atoms with E-state index < -0.39 is 0 Å². The van der Waals surface area contributed by atoms with Crippen molar-refractivity contribution in [3.8, 4) is 0 Å². The van der Waals surface area contributed by atoms with E-state index in [-0.39, 0.29) is 0 Å². The van der Waals surface area contributed by atoms with Gasteiger partial charge in [-0.1, -0.05) is 0 Å². The van der Waals surface area contributed by atoms with E-state index in [1.807, 2.05) is 12.3 Å². The standard InChI is InChI=1S/C8H12N2S/c1-6-4-10-8(9)3-7(6)5-11-2/h3-4H,5H2,1-2H3,(H2,9,10). The summed E-state index contributed by atoms with van der Waals surface area (Å²) in [5.74, 6) is 1.62. The number of hydrogen-bond acceptors (Lipinski definition) is 3. The Kier molecular flexibility index (Phi) is 2.76. The Morgan fingerprint density at radius 2 is 2.36 bits per heavy atom. The molecule has 1 aromatic heterocycles. The van der Waals surface area contributed by atoms with Crippen molar-refractivity contribution in [1.82, 2.24) is 4.98 Å². The molecule has 1 heterocycles. The van der Waals surface area contributed by atoms with Crippen molar-refractivity contribution in [3.05, 3.63) is 23.4 Å². The first-order valence-electron chi connectivity index (χ1n) is 3.44. The Bertz CT molecular complexity index is 248. The van der Waals surface area contributed by atoms with Crippen molar-refractivity contribution >= 4 is 17.6 Å². The molecule has 0 radical (unpaired) electrons. The maximum Gasteiger partial charge on any atom is 0.123 e. The minimum atomic E-state index is 0.611. The zero-order chi connectivity index (χ0) is 8.27. The van der Waals surface area contributed by atoms with Gasteiger partial charge in [-0.25, -0.2) is 4.98 Å². The maximum atomic E-state index is 5.54. The normalized spacial score (nSPS) is 10.0. The number of nitrogens with zero attached hydrogens (tertiary/aromatic N) is 1. The van der Waals surface area contributed by atoms with E-state index in [2.05, 4.69) is 18.2 Å². The second-order valence-corrected chi connectivity index (χ2v) is 3.33. The van der Waals surface area contributed by atoms with Crippen LogP contribution in [-0.4, -0.2) is 11.2 Å². The van der Waals surface area contributed by atoms with Crippen LogP contribution in [0.2, 0.25) is 0 Å². The SMILES string of the molecule is CSCc1cc(N)ncc1C. The number of aromatic nitrogens is 1. The fourth-order valence-electron chi connectivity index (χ4n) is 0.895. The third-order valence-corrected chi connectivity index (χ3v) is 2.14. The Morgan fingerprint density at radius 1 is 1.64 bits per heavy atom. The van der Waals surface area contributed by atoms with Crippen molar-refractivity contribution in [1.29, 1.82) is 0 Å². The number of thioether (sulfide) groups is 1. The molecule has 0 aliphatic carbocycles. The van der Waals surface area contributed by atoms with Crippen LogP contribution in [0.1, 0.15) is 11.1 Å². The monoisotopic (exact) mass is 168 g/mol. The summed E-state index contributed by atoms with van der Waals surface area (Å²) in [7, 11) is 0. The van der Waals surface area contributed by atoms with E-state index in [0.29, 0.717) is 5.82 Å². The van der Waals surface area contributed by atoms with Crippen molar-refractivity contribution in [2.75, 3.05) is 12.0 Å². The molecule has 60 valence electrons. The summed E-state index contributed by atoms with van der Waals surface area (Å²) in [5.41, 5.74) is 8.04. The summed E-state index contributed by atoms with van der Waals surface area (Å²) in [6.45, 7) is 2.05. The lowest BCUT2D eigenvalue weighted by atomic mass is 10.2. The average molecular weight is 168 g/mol. The minimum absolute atomic E-state index is 0.611. The third-order valence-electron chi connectivity index (χ3n) is 1.54.